The van der Waals surface area contributed by atoms with E-state index in [2.05, 4.69) is 54.6 Å². The first-order valence-electron chi connectivity index (χ1n) is 9.07. The maximum Gasteiger partial charge on any atom is 0.335 e. The molecule has 3 rings (SSSR count). The van der Waals surface area contributed by atoms with Crippen molar-refractivity contribution in [2.45, 2.75) is 32.6 Å². The lowest BCUT2D eigenvalue weighted by Crippen LogP contribution is -2.02. The second kappa shape index (κ2) is 8.48. The van der Waals surface area contributed by atoms with Gasteiger partial charge in [0, 0.05) is 0 Å². The van der Waals surface area contributed by atoms with Crippen LogP contribution < -0.4 is 0 Å². The molecule has 26 heavy (non-hydrogen) atoms. The molecule has 0 aliphatic carbocycles. The fourth-order valence-electron chi connectivity index (χ4n) is 3.37. The van der Waals surface area contributed by atoms with Gasteiger partial charge in [-0.25, -0.2) is 4.79 Å². The Bertz CT molecular complexity index is 882. The van der Waals surface area contributed by atoms with Crippen LogP contribution in [-0.4, -0.2) is 11.1 Å². The Morgan fingerprint density at radius 3 is 1.88 bits per heavy atom. The average Bonchev–Trinajstić information content (AvgIpc) is 2.66. The number of carbonyl (C=O) groups is 1. The zero-order chi connectivity index (χ0) is 18.4. The third-order valence-electron chi connectivity index (χ3n) is 4.85. The minimum absolute atomic E-state index is 0.386. The van der Waals surface area contributed by atoms with Gasteiger partial charge in [0.2, 0.25) is 0 Å². The van der Waals surface area contributed by atoms with Crippen LogP contribution >= 0.6 is 0 Å². The summed E-state index contributed by atoms with van der Waals surface area (Å²) in [6.45, 7) is 1.86. The number of hydrogen-bond acceptors (Lipinski definition) is 1. The van der Waals surface area contributed by atoms with E-state index in [1.165, 1.54) is 22.3 Å². The molecule has 0 aromatic heterocycles. The SMILES string of the molecule is Cc1cc(CCc2ccccc2CCc2ccccc2)ccc1C(=O)O. The lowest BCUT2D eigenvalue weighted by molar-refractivity contribution is 0.0696. The second-order valence-corrected chi connectivity index (χ2v) is 6.71. The highest BCUT2D eigenvalue weighted by molar-refractivity contribution is 5.89. The molecule has 132 valence electrons. The first-order chi connectivity index (χ1) is 12.6. The number of aryl methyl sites for hydroxylation is 5. The molecule has 0 unspecified atom stereocenters. The van der Waals surface area contributed by atoms with Crippen LogP contribution in [0.2, 0.25) is 0 Å². The highest BCUT2D eigenvalue weighted by atomic mass is 16.4. The van der Waals surface area contributed by atoms with Gasteiger partial charge in [0.15, 0.2) is 0 Å². The van der Waals surface area contributed by atoms with Crippen LogP contribution in [0.5, 0.6) is 0 Å². The molecule has 0 fully saturated rings. The summed E-state index contributed by atoms with van der Waals surface area (Å²) in [6, 6.07) is 24.9. The minimum atomic E-state index is -0.861. The van der Waals surface area contributed by atoms with E-state index in [1.807, 2.05) is 19.1 Å². The molecule has 2 nitrogen and oxygen atoms in total. The van der Waals surface area contributed by atoms with Crippen LogP contribution in [0.25, 0.3) is 0 Å². The van der Waals surface area contributed by atoms with E-state index in [-0.39, 0.29) is 0 Å². The highest BCUT2D eigenvalue weighted by Crippen LogP contribution is 2.17. The number of carboxylic acid groups (broad SMARTS) is 1. The summed E-state index contributed by atoms with van der Waals surface area (Å²) in [5.41, 5.74) is 6.54. The third kappa shape index (κ3) is 4.60. The average molecular weight is 344 g/mol. The van der Waals surface area contributed by atoms with E-state index < -0.39 is 5.97 Å². The molecule has 0 aliphatic rings. The van der Waals surface area contributed by atoms with E-state index in [9.17, 15) is 4.79 Å². The van der Waals surface area contributed by atoms with Crippen molar-refractivity contribution >= 4 is 5.97 Å². The minimum Gasteiger partial charge on any atom is -0.478 e. The number of hydrogen-bond donors (Lipinski definition) is 1. The summed E-state index contributed by atoms with van der Waals surface area (Å²) in [6.07, 6.45) is 3.97. The smallest absolute Gasteiger partial charge is 0.335 e. The van der Waals surface area contributed by atoms with Gasteiger partial charge in [-0.2, -0.15) is 0 Å². The van der Waals surface area contributed by atoms with Gasteiger partial charge in [0.05, 0.1) is 5.56 Å². The molecule has 0 aliphatic heterocycles. The quantitative estimate of drug-likeness (QED) is 0.634. The van der Waals surface area contributed by atoms with Gasteiger partial charge in [-0.1, -0.05) is 66.7 Å². The Balaban J connectivity index is 1.67. The maximum absolute atomic E-state index is 11.1. The predicted octanol–water partition coefficient (Wildman–Crippen LogP) is 5.26. The number of carboxylic acids is 1. The van der Waals surface area contributed by atoms with Gasteiger partial charge in [0.1, 0.15) is 0 Å². The largest absolute Gasteiger partial charge is 0.478 e. The van der Waals surface area contributed by atoms with Crippen molar-refractivity contribution in [3.63, 3.8) is 0 Å². The van der Waals surface area contributed by atoms with Crippen LogP contribution in [0.15, 0.2) is 72.8 Å². The van der Waals surface area contributed by atoms with E-state index >= 15 is 0 Å². The van der Waals surface area contributed by atoms with Crippen LogP contribution in [0, 0.1) is 6.92 Å². The maximum atomic E-state index is 11.1. The van der Waals surface area contributed by atoms with Crippen molar-refractivity contribution in [1.82, 2.24) is 0 Å². The molecule has 0 amide bonds. The molecule has 0 heterocycles. The van der Waals surface area contributed by atoms with Crippen LogP contribution in [0.1, 0.15) is 38.2 Å². The van der Waals surface area contributed by atoms with Crippen molar-refractivity contribution in [1.29, 1.82) is 0 Å². The molecule has 3 aromatic rings. The standard InChI is InChI=1S/C24H24O2/c1-18-17-20(13-16-23(18)24(25)26)12-15-22-10-6-5-9-21(22)14-11-19-7-3-2-4-8-19/h2-10,13,16-17H,11-12,14-15H2,1H3,(H,25,26). The molecule has 0 spiro atoms. The highest BCUT2D eigenvalue weighted by Gasteiger charge is 2.08. The summed E-state index contributed by atoms with van der Waals surface area (Å²) < 4.78 is 0. The van der Waals surface area contributed by atoms with Crippen molar-refractivity contribution in [3.05, 3.63) is 106 Å². The van der Waals surface area contributed by atoms with Crippen molar-refractivity contribution in [3.8, 4) is 0 Å². The molecule has 3 aromatic carbocycles. The monoisotopic (exact) mass is 344 g/mol. The Morgan fingerprint density at radius 2 is 1.31 bits per heavy atom. The molecule has 0 atom stereocenters. The summed E-state index contributed by atoms with van der Waals surface area (Å²) in [7, 11) is 0. The fourth-order valence-corrected chi connectivity index (χ4v) is 3.37. The van der Waals surface area contributed by atoms with Gasteiger partial charge in [-0.3, -0.25) is 0 Å². The molecule has 0 saturated heterocycles. The summed E-state index contributed by atoms with van der Waals surface area (Å²) in [5, 5.41) is 9.15. The number of rotatable bonds is 7. The van der Waals surface area contributed by atoms with Crippen LogP contribution in [0.4, 0.5) is 0 Å². The van der Waals surface area contributed by atoms with Crippen molar-refractivity contribution in [2.24, 2.45) is 0 Å². The Morgan fingerprint density at radius 1 is 0.731 bits per heavy atom. The second-order valence-electron chi connectivity index (χ2n) is 6.71. The van der Waals surface area contributed by atoms with E-state index in [1.54, 1.807) is 6.07 Å². The molecule has 2 heteroatoms. The van der Waals surface area contributed by atoms with E-state index in [0.717, 1.165) is 31.2 Å². The number of benzene rings is 3. The van der Waals surface area contributed by atoms with E-state index in [4.69, 9.17) is 5.11 Å². The van der Waals surface area contributed by atoms with E-state index in [0.29, 0.717) is 5.56 Å². The zero-order valence-electron chi connectivity index (χ0n) is 15.1. The zero-order valence-corrected chi connectivity index (χ0v) is 15.1. The van der Waals surface area contributed by atoms with Gasteiger partial charge < -0.3 is 5.11 Å². The normalized spacial score (nSPS) is 10.7. The lowest BCUT2D eigenvalue weighted by atomic mass is 9.94. The third-order valence-corrected chi connectivity index (χ3v) is 4.85. The molecular formula is C24H24O2. The molecule has 0 bridgehead atoms. The predicted molar refractivity (Wildman–Crippen MR) is 106 cm³/mol. The Kier molecular flexibility index (Phi) is 5.85. The topological polar surface area (TPSA) is 37.3 Å². The Labute approximate surface area is 155 Å². The van der Waals surface area contributed by atoms with Crippen molar-refractivity contribution in [2.75, 3.05) is 0 Å². The molecule has 1 N–H and O–H groups in total. The summed E-state index contributed by atoms with van der Waals surface area (Å²) >= 11 is 0. The number of aromatic carboxylic acids is 1. The molecule has 0 saturated carbocycles. The van der Waals surface area contributed by atoms with Gasteiger partial charge in [-0.15, -0.1) is 0 Å². The fraction of sp³-hybridized carbons (Fsp3) is 0.208. The Hall–Kier alpha value is -2.87. The first-order valence-corrected chi connectivity index (χ1v) is 9.07. The van der Waals surface area contributed by atoms with Gasteiger partial charge in [-0.05, 0) is 66.5 Å². The van der Waals surface area contributed by atoms with Gasteiger partial charge >= 0.3 is 5.97 Å². The lowest BCUT2D eigenvalue weighted by Gasteiger charge is -2.11. The molecular weight excluding hydrogens is 320 g/mol. The van der Waals surface area contributed by atoms with Crippen LogP contribution in [0.3, 0.4) is 0 Å². The summed E-state index contributed by atoms with van der Waals surface area (Å²) in [4.78, 5) is 11.1. The van der Waals surface area contributed by atoms with Gasteiger partial charge in [0.25, 0.3) is 0 Å². The molecule has 0 radical (unpaired) electrons. The van der Waals surface area contributed by atoms with Crippen molar-refractivity contribution < 1.29 is 9.90 Å². The summed E-state index contributed by atoms with van der Waals surface area (Å²) in [5.74, 6) is -0.861. The first kappa shape index (κ1) is 17.9. The van der Waals surface area contributed by atoms with Crippen LogP contribution in [-0.2, 0) is 25.7 Å².